The van der Waals surface area contributed by atoms with Gasteiger partial charge in [0.2, 0.25) is 18.6 Å². The van der Waals surface area contributed by atoms with Crippen LogP contribution in [-0.2, 0) is 20.9 Å². The number of nitrogens with zero attached hydrogens (tertiary/aromatic N) is 3. The van der Waals surface area contributed by atoms with Gasteiger partial charge in [-0.2, -0.15) is 0 Å². The molecule has 2 aromatic carbocycles. The monoisotopic (exact) mass is 552 g/mol. The van der Waals surface area contributed by atoms with Gasteiger partial charge in [0.05, 0.1) is 11.3 Å². The van der Waals surface area contributed by atoms with Crippen molar-refractivity contribution in [3.63, 3.8) is 0 Å². The molecule has 1 N–H and O–H groups in total. The lowest BCUT2D eigenvalue weighted by Gasteiger charge is -2.37. The van der Waals surface area contributed by atoms with E-state index in [0.717, 1.165) is 12.0 Å². The van der Waals surface area contributed by atoms with Crippen molar-refractivity contribution >= 4 is 34.9 Å². The Kier molecular flexibility index (Phi) is 7.20. The smallest absolute Gasteiger partial charge is 0.299 e. The molecule has 10 heteroatoms. The van der Waals surface area contributed by atoms with E-state index in [1.54, 1.807) is 60.9 Å². The number of ketones is 1. The van der Waals surface area contributed by atoms with Crippen molar-refractivity contribution in [2.45, 2.75) is 31.8 Å². The maximum Gasteiger partial charge on any atom is 0.299 e. The summed E-state index contributed by atoms with van der Waals surface area (Å²) >= 11 is 0. The lowest BCUT2D eigenvalue weighted by molar-refractivity contribution is -0.140. The van der Waals surface area contributed by atoms with Gasteiger partial charge in [0.25, 0.3) is 11.7 Å². The van der Waals surface area contributed by atoms with E-state index >= 15 is 0 Å². The van der Waals surface area contributed by atoms with Crippen molar-refractivity contribution in [2.75, 3.05) is 23.6 Å². The fourth-order valence-electron chi connectivity index (χ4n) is 5.57. The van der Waals surface area contributed by atoms with E-state index in [1.165, 1.54) is 9.80 Å². The summed E-state index contributed by atoms with van der Waals surface area (Å²) < 4.78 is 10.8. The highest BCUT2D eigenvalue weighted by atomic mass is 16.7. The summed E-state index contributed by atoms with van der Waals surface area (Å²) in [5.41, 5.74) is 1.90. The molecule has 0 saturated heterocycles. The molecule has 3 aromatic rings. The van der Waals surface area contributed by atoms with E-state index in [2.05, 4.69) is 16.4 Å². The van der Waals surface area contributed by atoms with Crippen LogP contribution in [0.1, 0.15) is 35.2 Å². The topological polar surface area (TPSA) is 118 Å². The number of ether oxygens (including phenoxy) is 2. The average Bonchev–Trinajstić information content (AvgIpc) is 3.56. The first kappa shape index (κ1) is 26.2. The second-order valence-corrected chi connectivity index (χ2v) is 10.2. The SMILES string of the molecule is O=C1C(=O)N(CC(=O)N(Cc2cccnc2)[C@@H](C(=O)Nc2ccc3c(c2)OCO3)[C@H]2CC=CCC2)c2ccccc21. The highest BCUT2D eigenvalue weighted by Crippen LogP contribution is 2.35. The van der Waals surface area contributed by atoms with E-state index in [0.29, 0.717) is 35.7 Å². The van der Waals surface area contributed by atoms with Crippen LogP contribution in [0, 0.1) is 5.92 Å². The van der Waals surface area contributed by atoms with Crippen LogP contribution < -0.4 is 19.7 Å². The number of rotatable bonds is 8. The number of para-hydroxylation sites is 1. The molecule has 208 valence electrons. The number of benzene rings is 2. The summed E-state index contributed by atoms with van der Waals surface area (Å²) in [4.78, 5) is 60.6. The fourth-order valence-corrected chi connectivity index (χ4v) is 5.57. The summed E-state index contributed by atoms with van der Waals surface area (Å²) in [5, 5.41) is 2.97. The number of aromatic nitrogens is 1. The molecule has 3 amide bonds. The van der Waals surface area contributed by atoms with Gasteiger partial charge in [0.15, 0.2) is 11.5 Å². The predicted molar refractivity (Wildman–Crippen MR) is 149 cm³/mol. The highest BCUT2D eigenvalue weighted by molar-refractivity contribution is 6.52. The Balaban J connectivity index is 1.33. The van der Waals surface area contributed by atoms with Gasteiger partial charge in [-0.15, -0.1) is 0 Å². The molecule has 6 rings (SSSR count). The molecule has 0 spiro atoms. The molecule has 0 bridgehead atoms. The second-order valence-electron chi connectivity index (χ2n) is 10.2. The van der Waals surface area contributed by atoms with Gasteiger partial charge >= 0.3 is 0 Å². The Morgan fingerprint density at radius 2 is 1.90 bits per heavy atom. The molecule has 1 aromatic heterocycles. The first-order valence-electron chi connectivity index (χ1n) is 13.5. The summed E-state index contributed by atoms with van der Waals surface area (Å²) in [6, 6.07) is 14.5. The number of nitrogens with one attached hydrogen (secondary N) is 1. The van der Waals surface area contributed by atoms with E-state index < -0.39 is 23.6 Å². The quantitative estimate of drug-likeness (QED) is 0.334. The van der Waals surface area contributed by atoms with Crippen LogP contribution >= 0.6 is 0 Å². The Morgan fingerprint density at radius 3 is 2.71 bits per heavy atom. The molecule has 0 radical (unpaired) electrons. The zero-order valence-corrected chi connectivity index (χ0v) is 22.2. The molecule has 0 saturated carbocycles. The Labute approximate surface area is 236 Å². The van der Waals surface area contributed by atoms with Gasteiger partial charge in [-0.05, 0) is 61.1 Å². The molecule has 0 unspecified atom stereocenters. The summed E-state index contributed by atoms with van der Waals surface area (Å²) in [6.07, 6.45) is 9.48. The lowest BCUT2D eigenvalue weighted by atomic mass is 9.85. The summed E-state index contributed by atoms with van der Waals surface area (Å²) in [5.74, 6) is -1.27. The molecular weight excluding hydrogens is 524 g/mol. The number of hydrogen-bond acceptors (Lipinski definition) is 7. The van der Waals surface area contributed by atoms with Crippen LogP contribution in [0.3, 0.4) is 0 Å². The van der Waals surface area contributed by atoms with Gasteiger partial charge in [0, 0.05) is 30.7 Å². The third-order valence-corrected chi connectivity index (χ3v) is 7.57. The van der Waals surface area contributed by atoms with Gasteiger partial charge in [-0.25, -0.2) is 0 Å². The van der Waals surface area contributed by atoms with Crippen molar-refractivity contribution in [3.8, 4) is 11.5 Å². The van der Waals surface area contributed by atoms with E-state index in [1.807, 2.05) is 12.1 Å². The van der Waals surface area contributed by atoms with E-state index in [-0.39, 0.29) is 37.3 Å². The van der Waals surface area contributed by atoms with Crippen molar-refractivity contribution in [1.82, 2.24) is 9.88 Å². The van der Waals surface area contributed by atoms with Crippen molar-refractivity contribution in [3.05, 3.63) is 90.3 Å². The molecule has 1 aliphatic carbocycles. The number of allylic oxidation sites excluding steroid dienone is 2. The van der Waals surface area contributed by atoms with Crippen LogP contribution in [0.4, 0.5) is 11.4 Å². The molecule has 41 heavy (non-hydrogen) atoms. The number of fused-ring (bicyclic) bond motifs is 2. The summed E-state index contributed by atoms with van der Waals surface area (Å²) in [7, 11) is 0. The highest BCUT2D eigenvalue weighted by Gasteiger charge is 2.41. The van der Waals surface area contributed by atoms with E-state index in [9.17, 15) is 19.2 Å². The first-order chi connectivity index (χ1) is 20.0. The van der Waals surface area contributed by atoms with Gasteiger partial charge < -0.3 is 19.7 Å². The maximum absolute atomic E-state index is 14.1. The van der Waals surface area contributed by atoms with Crippen LogP contribution in [0.2, 0.25) is 0 Å². The van der Waals surface area contributed by atoms with Crippen molar-refractivity contribution in [1.29, 1.82) is 0 Å². The number of anilines is 2. The molecule has 0 fully saturated rings. The third kappa shape index (κ3) is 5.28. The minimum Gasteiger partial charge on any atom is -0.454 e. The fraction of sp³-hybridized carbons (Fsp3) is 0.258. The minimum absolute atomic E-state index is 0.101. The Bertz CT molecular complexity index is 1540. The predicted octanol–water partition coefficient (Wildman–Crippen LogP) is 3.73. The number of pyridine rings is 1. The number of carbonyl (C=O) groups is 4. The zero-order valence-electron chi connectivity index (χ0n) is 22.2. The number of amides is 3. The number of Topliss-reactive ketones (excluding diaryl/α,β-unsaturated/α-hetero) is 1. The second kappa shape index (κ2) is 11.2. The molecule has 3 heterocycles. The van der Waals surface area contributed by atoms with Crippen LogP contribution in [0.5, 0.6) is 11.5 Å². The molecule has 2 aliphatic heterocycles. The van der Waals surface area contributed by atoms with E-state index in [4.69, 9.17) is 9.47 Å². The minimum atomic E-state index is -0.860. The van der Waals surface area contributed by atoms with Crippen molar-refractivity contribution in [2.24, 2.45) is 5.92 Å². The first-order valence-corrected chi connectivity index (χ1v) is 13.5. The zero-order chi connectivity index (χ0) is 28.3. The van der Waals surface area contributed by atoms with Gasteiger partial charge in [0.1, 0.15) is 12.6 Å². The largest absolute Gasteiger partial charge is 0.454 e. The Morgan fingerprint density at radius 1 is 1.05 bits per heavy atom. The Hall–Kier alpha value is -4.99. The molecule has 3 aliphatic rings. The van der Waals surface area contributed by atoms with Crippen molar-refractivity contribution < 1.29 is 28.7 Å². The normalized spacial score (nSPS) is 17.8. The van der Waals surface area contributed by atoms with Crippen LogP contribution in [0.15, 0.2) is 79.1 Å². The number of carbonyl (C=O) groups excluding carboxylic acids is 4. The summed E-state index contributed by atoms with van der Waals surface area (Å²) in [6.45, 7) is -0.167. The third-order valence-electron chi connectivity index (χ3n) is 7.57. The molecule has 10 nitrogen and oxygen atoms in total. The lowest BCUT2D eigenvalue weighted by Crippen LogP contribution is -2.54. The maximum atomic E-state index is 14.1. The van der Waals surface area contributed by atoms with Crippen LogP contribution in [-0.4, -0.2) is 52.8 Å². The molecule has 2 atom stereocenters. The van der Waals surface area contributed by atoms with Gasteiger partial charge in [-0.3, -0.25) is 29.1 Å². The van der Waals surface area contributed by atoms with Gasteiger partial charge in [-0.1, -0.05) is 30.4 Å². The molecular formula is C31H28N4O6. The average molecular weight is 553 g/mol. The standard InChI is InChI=1S/C31H28N4O6/c36-27(18-34-24-11-5-4-10-23(24)29(37)31(34)39)35(17-20-7-6-14-32-16-20)28(21-8-2-1-3-9-21)30(38)33-22-12-13-25-26(15-22)41-19-40-25/h1-2,4-7,10-16,21,28H,3,8-9,17-19H2,(H,33,38)/t21-,28+/m0/s1. The number of hydrogen-bond donors (Lipinski definition) is 1. The van der Waals surface area contributed by atoms with Crippen LogP contribution in [0.25, 0.3) is 0 Å².